The highest BCUT2D eigenvalue weighted by Gasteiger charge is 2.22. The van der Waals surface area contributed by atoms with Gasteiger partial charge in [0.1, 0.15) is 62.6 Å². The van der Waals surface area contributed by atoms with Gasteiger partial charge in [0.25, 0.3) is 0 Å². The van der Waals surface area contributed by atoms with Crippen LogP contribution in [0.4, 0.5) is 0 Å². The van der Waals surface area contributed by atoms with E-state index in [-0.39, 0.29) is 0 Å². The van der Waals surface area contributed by atoms with Gasteiger partial charge >= 0.3 is 0 Å². The normalized spacial score (nSPS) is 14.2. The van der Waals surface area contributed by atoms with Gasteiger partial charge in [0, 0.05) is 25.7 Å². The number of para-hydroxylation sites is 8. The lowest BCUT2D eigenvalue weighted by Crippen LogP contribution is -2.14. The van der Waals surface area contributed by atoms with Gasteiger partial charge in [-0.3, -0.25) is 0 Å². The van der Waals surface area contributed by atoms with Crippen molar-refractivity contribution in [2.24, 2.45) is 0 Å². The van der Waals surface area contributed by atoms with Crippen LogP contribution in [0.1, 0.15) is 71.2 Å². The Labute approximate surface area is 353 Å². The molecule has 6 aromatic rings. The van der Waals surface area contributed by atoms with Gasteiger partial charge in [0.05, 0.1) is 13.2 Å². The van der Waals surface area contributed by atoms with E-state index in [4.69, 9.17) is 37.9 Å². The summed E-state index contributed by atoms with van der Waals surface area (Å²) in [5.41, 5.74) is 8.71. The summed E-state index contributed by atoms with van der Waals surface area (Å²) in [5, 5.41) is 0. The van der Waals surface area contributed by atoms with E-state index in [1.54, 1.807) is 0 Å². The number of fused-ring (bicyclic) bond motifs is 9. The summed E-state index contributed by atoms with van der Waals surface area (Å²) >= 11 is 0. The van der Waals surface area contributed by atoms with Gasteiger partial charge in [0.2, 0.25) is 0 Å². The van der Waals surface area contributed by atoms with E-state index in [1.165, 1.54) is 0 Å². The van der Waals surface area contributed by atoms with Crippen molar-refractivity contribution in [3.63, 3.8) is 0 Å². The standard InChI is InChI=1S/C52H54O8/c1-3-25-57-49-37-13-9-14-38(49)34-42-18-12-20-44-36-40-16-10-15-39(50(40)58-26-4-2)35-43-19-11-17-41(33-37)51(43)59-31-29-55-47-23-7-5-21-45(47)53-27-28-54-46-22-6-8-24-48(46)56-30-32-60-52(42)44/h5-24H,3-4,25-36H2,1-2H3. The minimum atomic E-state index is 0.318. The average molecular weight is 807 g/mol. The molecule has 1 aliphatic carbocycles. The van der Waals surface area contributed by atoms with Crippen molar-refractivity contribution in [1.29, 1.82) is 0 Å². The molecule has 0 spiro atoms. The molecule has 0 N–H and O–H groups in total. The molecule has 2 heterocycles. The minimum absolute atomic E-state index is 0.318. The predicted octanol–water partition coefficient (Wildman–Crippen LogP) is 10.6. The molecule has 8 heteroatoms. The third-order valence-corrected chi connectivity index (χ3v) is 10.6. The van der Waals surface area contributed by atoms with Crippen molar-refractivity contribution >= 4 is 0 Å². The van der Waals surface area contributed by atoms with Crippen molar-refractivity contribution in [3.05, 3.63) is 166 Å². The van der Waals surface area contributed by atoms with E-state index in [0.717, 1.165) is 80.3 Å². The maximum absolute atomic E-state index is 6.81. The van der Waals surface area contributed by atoms with Gasteiger partial charge in [-0.15, -0.1) is 0 Å². The molecule has 0 aromatic heterocycles. The van der Waals surface area contributed by atoms with Crippen molar-refractivity contribution in [2.45, 2.75) is 52.4 Å². The van der Waals surface area contributed by atoms with Gasteiger partial charge in [-0.2, -0.15) is 0 Å². The SMILES string of the molecule is CCCOc1c2cccc1Cc1cccc3c1OCCOc1ccccc1OCCOc1ccccc1OCCOc1c(cccc1Cc1cccc(c1OCCC)C3)C2. The second-order valence-electron chi connectivity index (χ2n) is 15.0. The third-order valence-electron chi connectivity index (χ3n) is 10.6. The summed E-state index contributed by atoms with van der Waals surface area (Å²) in [6.07, 6.45) is 4.27. The molecule has 9 rings (SSSR count). The molecule has 6 aromatic carbocycles. The van der Waals surface area contributed by atoms with E-state index < -0.39 is 0 Å². The Kier molecular flexibility index (Phi) is 13.6. The fraction of sp³-hybridized carbons (Fsp3) is 0.308. The van der Waals surface area contributed by atoms with Crippen LogP contribution in [0.25, 0.3) is 0 Å². The first-order chi connectivity index (χ1) is 29.7. The number of hydrogen-bond acceptors (Lipinski definition) is 8. The number of hydrogen-bond donors (Lipinski definition) is 0. The van der Waals surface area contributed by atoms with Crippen LogP contribution in [0.5, 0.6) is 46.0 Å². The van der Waals surface area contributed by atoms with Crippen molar-refractivity contribution < 1.29 is 37.9 Å². The number of ether oxygens (including phenoxy) is 8. The van der Waals surface area contributed by atoms with E-state index in [0.29, 0.717) is 102 Å². The Morgan fingerprint density at radius 2 is 0.600 bits per heavy atom. The van der Waals surface area contributed by atoms with Crippen molar-refractivity contribution in [1.82, 2.24) is 0 Å². The molecule has 0 unspecified atom stereocenters. The molecule has 0 amide bonds. The third kappa shape index (κ3) is 9.77. The van der Waals surface area contributed by atoms with E-state index in [2.05, 4.69) is 86.6 Å². The summed E-state index contributed by atoms with van der Waals surface area (Å²) in [7, 11) is 0. The van der Waals surface area contributed by atoms with Gasteiger partial charge in [-0.05, 0) is 81.6 Å². The molecular weight excluding hydrogens is 753 g/mol. The van der Waals surface area contributed by atoms with Crippen LogP contribution in [0.3, 0.4) is 0 Å². The molecule has 3 aliphatic rings. The quantitative estimate of drug-likeness (QED) is 0.165. The Morgan fingerprint density at radius 3 is 0.883 bits per heavy atom. The highest BCUT2D eigenvalue weighted by atomic mass is 16.6. The fourth-order valence-electron chi connectivity index (χ4n) is 7.91. The average Bonchev–Trinajstić information content (AvgIpc) is 3.26. The number of rotatable bonds is 6. The first kappa shape index (κ1) is 40.5. The molecule has 60 heavy (non-hydrogen) atoms. The molecule has 8 nitrogen and oxygen atoms in total. The lowest BCUT2D eigenvalue weighted by Gasteiger charge is -2.23. The predicted molar refractivity (Wildman–Crippen MR) is 234 cm³/mol. The molecule has 0 atom stereocenters. The largest absolute Gasteiger partial charge is 0.493 e. The van der Waals surface area contributed by atoms with E-state index in [9.17, 15) is 0 Å². The van der Waals surface area contributed by atoms with Crippen molar-refractivity contribution in [2.75, 3.05) is 52.9 Å². The summed E-state index contributed by atoms with van der Waals surface area (Å²) in [5.74, 6) is 6.07. The lowest BCUT2D eigenvalue weighted by molar-refractivity contribution is 0.182. The zero-order chi connectivity index (χ0) is 40.9. The smallest absolute Gasteiger partial charge is 0.161 e. The van der Waals surface area contributed by atoms with Crippen molar-refractivity contribution in [3.8, 4) is 46.0 Å². The zero-order valence-electron chi connectivity index (χ0n) is 34.7. The first-order valence-electron chi connectivity index (χ1n) is 21.3. The van der Waals surface area contributed by atoms with E-state index >= 15 is 0 Å². The second-order valence-corrected chi connectivity index (χ2v) is 15.0. The fourth-order valence-corrected chi connectivity index (χ4v) is 7.91. The van der Waals surface area contributed by atoms with Gasteiger partial charge in [-0.25, -0.2) is 0 Å². The molecule has 0 fully saturated rings. The Bertz CT molecular complexity index is 2100. The lowest BCUT2D eigenvalue weighted by atomic mass is 9.91. The van der Waals surface area contributed by atoms with Gasteiger partial charge in [0.15, 0.2) is 23.0 Å². The molecule has 310 valence electrons. The highest BCUT2D eigenvalue weighted by molar-refractivity contribution is 5.56. The first-order valence-corrected chi connectivity index (χ1v) is 21.3. The van der Waals surface area contributed by atoms with Crippen LogP contribution >= 0.6 is 0 Å². The number of benzene rings is 6. The van der Waals surface area contributed by atoms with Gasteiger partial charge < -0.3 is 37.9 Å². The Hall–Kier alpha value is -6.28. The summed E-state index contributed by atoms with van der Waals surface area (Å²) < 4.78 is 51.9. The molecule has 0 saturated heterocycles. The highest BCUT2D eigenvalue weighted by Crippen LogP contribution is 2.39. The van der Waals surface area contributed by atoms with Gasteiger partial charge in [-0.1, -0.05) is 111 Å². The van der Waals surface area contributed by atoms with Crippen LogP contribution in [-0.4, -0.2) is 52.9 Å². The summed E-state index contributed by atoms with van der Waals surface area (Å²) in [6, 6.07) is 41.3. The molecule has 10 bridgehead atoms. The van der Waals surface area contributed by atoms with E-state index in [1.807, 2.05) is 48.5 Å². The molecule has 2 aliphatic heterocycles. The second kappa shape index (κ2) is 20.1. The monoisotopic (exact) mass is 806 g/mol. The van der Waals surface area contributed by atoms with Crippen LogP contribution in [0, 0.1) is 0 Å². The summed E-state index contributed by atoms with van der Waals surface area (Å²) in [6.45, 7) is 7.43. The minimum Gasteiger partial charge on any atom is -0.493 e. The molecule has 0 radical (unpaired) electrons. The van der Waals surface area contributed by atoms with Crippen LogP contribution in [-0.2, 0) is 25.7 Å². The Morgan fingerprint density at radius 1 is 0.333 bits per heavy atom. The maximum Gasteiger partial charge on any atom is 0.161 e. The zero-order valence-corrected chi connectivity index (χ0v) is 34.7. The van der Waals surface area contributed by atoms with Crippen LogP contribution in [0.15, 0.2) is 121 Å². The topological polar surface area (TPSA) is 73.8 Å². The Balaban J connectivity index is 1.26. The van der Waals surface area contributed by atoms with Crippen LogP contribution < -0.4 is 37.9 Å². The summed E-state index contributed by atoms with van der Waals surface area (Å²) in [4.78, 5) is 0. The molecule has 0 saturated carbocycles. The maximum atomic E-state index is 6.81. The molecular formula is C52H54O8. The van der Waals surface area contributed by atoms with Crippen LogP contribution in [0.2, 0.25) is 0 Å².